The molecule has 2 rings (SSSR count). The molecule has 0 aromatic heterocycles. The van der Waals surface area contributed by atoms with E-state index >= 15 is 0 Å². The average molecular weight is 345 g/mol. The Bertz CT molecular complexity index is 661. The largest absolute Gasteiger partial charge is 0.395 e. The number of thiocarbonyl (C=S) groups is 1. The summed E-state index contributed by atoms with van der Waals surface area (Å²) in [5, 5.41) is 18.6. The van der Waals surface area contributed by atoms with Gasteiger partial charge < -0.3 is 10.8 Å². The summed E-state index contributed by atoms with van der Waals surface area (Å²) in [5.74, 6) is 0. The number of allylic oxidation sites excluding steroid dienone is 3. The molecule has 3 N–H and O–H groups in total. The average Bonchev–Trinajstić information content (AvgIpc) is 2.57. The van der Waals surface area contributed by atoms with Gasteiger partial charge in [0.2, 0.25) is 0 Å². The molecule has 0 heterocycles. The zero-order chi connectivity index (χ0) is 16.8. The summed E-state index contributed by atoms with van der Waals surface area (Å²) in [6, 6.07) is 12.0. The van der Waals surface area contributed by atoms with E-state index in [0.29, 0.717) is 16.9 Å². The van der Waals surface area contributed by atoms with Crippen LogP contribution in [0.5, 0.6) is 0 Å². The van der Waals surface area contributed by atoms with Crippen molar-refractivity contribution in [1.82, 2.24) is 0 Å². The number of thioether (sulfide) groups is 1. The molecule has 0 fully saturated rings. The lowest BCUT2D eigenvalue weighted by Gasteiger charge is -2.26. The fourth-order valence-electron chi connectivity index (χ4n) is 2.47. The normalized spacial score (nSPS) is 20.3. The number of aliphatic hydroxyl groups is 1. The molecule has 1 aliphatic carbocycles. The Morgan fingerprint density at radius 3 is 2.70 bits per heavy atom. The molecular weight excluding hydrogens is 324 g/mol. The number of aliphatic hydroxyl groups excluding tert-OH is 1. The fourth-order valence-corrected chi connectivity index (χ4v) is 4.38. The highest BCUT2D eigenvalue weighted by atomic mass is 32.2. The molecule has 5 heteroatoms. The van der Waals surface area contributed by atoms with E-state index in [1.165, 1.54) is 0 Å². The van der Waals surface area contributed by atoms with Crippen molar-refractivity contribution in [1.29, 1.82) is 5.26 Å². The number of nitriles is 1. The van der Waals surface area contributed by atoms with Crippen LogP contribution >= 0.6 is 24.0 Å². The molecule has 0 radical (unpaired) electrons. The van der Waals surface area contributed by atoms with E-state index < -0.39 is 0 Å². The number of hydrogen-bond donors (Lipinski definition) is 2. The molecule has 0 bridgehead atoms. The van der Waals surface area contributed by atoms with Gasteiger partial charge in [0.25, 0.3) is 0 Å². The van der Waals surface area contributed by atoms with Crippen molar-refractivity contribution in [2.75, 3.05) is 6.61 Å². The Hall–Kier alpha value is -1.45. The van der Waals surface area contributed by atoms with E-state index in [4.69, 9.17) is 18.0 Å². The highest BCUT2D eigenvalue weighted by Gasteiger charge is 2.26. The van der Waals surface area contributed by atoms with Crippen molar-refractivity contribution in [3.05, 3.63) is 59.2 Å². The quantitative estimate of drug-likeness (QED) is 0.775. The smallest absolute Gasteiger partial charge is 0.100 e. The Kier molecular flexibility index (Phi) is 6.55. The minimum absolute atomic E-state index is 0.0271. The molecule has 120 valence electrons. The summed E-state index contributed by atoms with van der Waals surface area (Å²) < 4.78 is 0. The zero-order valence-electron chi connectivity index (χ0n) is 13.0. The summed E-state index contributed by atoms with van der Waals surface area (Å²) in [5.41, 5.74) is 8.72. The van der Waals surface area contributed by atoms with Crippen LogP contribution in [-0.2, 0) is 0 Å². The Morgan fingerprint density at radius 2 is 2.09 bits per heavy atom. The summed E-state index contributed by atoms with van der Waals surface area (Å²) >= 11 is 7.17. The van der Waals surface area contributed by atoms with Gasteiger partial charge in [-0.1, -0.05) is 54.2 Å². The molecule has 1 unspecified atom stereocenters. The zero-order valence-corrected chi connectivity index (χ0v) is 14.6. The minimum atomic E-state index is -0.277. The lowest BCUT2D eigenvalue weighted by atomic mass is 10.0. The molecule has 3 atom stereocenters. The third-order valence-corrected chi connectivity index (χ3v) is 5.75. The highest BCUT2D eigenvalue weighted by molar-refractivity contribution is 8.02. The van der Waals surface area contributed by atoms with Crippen molar-refractivity contribution < 1.29 is 5.11 Å². The second-order valence-corrected chi connectivity index (χ2v) is 7.37. The van der Waals surface area contributed by atoms with Crippen LogP contribution in [-0.4, -0.2) is 27.9 Å². The van der Waals surface area contributed by atoms with E-state index in [0.717, 1.165) is 11.1 Å². The maximum absolute atomic E-state index is 9.29. The molecule has 0 saturated carbocycles. The van der Waals surface area contributed by atoms with E-state index in [2.05, 4.69) is 24.3 Å². The number of benzene rings is 1. The van der Waals surface area contributed by atoms with E-state index in [-0.39, 0.29) is 23.1 Å². The second-order valence-electron chi connectivity index (χ2n) is 5.58. The Labute approximate surface area is 146 Å². The van der Waals surface area contributed by atoms with Crippen molar-refractivity contribution in [3.63, 3.8) is 0 Å². The SMILES string of the molecule is CC1=CC(S[C@H](C[C@H](N)CO)c2ccccc2)C(=S)C(C#N)=C1. The molecule has 1 aromatic rings. The van der Waals surface area contributed by atoms with Gasteiger partial charge in [0.15, 0.2) is 0 Å². The second kappa shape index (κ2) is 8.42. The van der Waals surface area contributed by atoms with Crippen molar-refractivity contribution in [2.45, 2.75) is 29.9 Å². The lowest BCUT2D eigenvalue weighted by Crippen LogP contribution is -2.27. The van der Waals surface area contributed by atoms with Gasteiger partial charge >= 0.3 is 0 Å². The van der Waals surface area contributed by atoms with Gasteiger partial charge in [-0.25, -0.2) is 0 Å². The molecule has 0 amide bonds. The summed E-state index contributed by atoms with van der Waals surface area (Å²) in [6.45, 7) is 1.93. The Balaban J connectivity index is 2.23. The van der Waals surface area contributed by atoms with Gasteiger partial charge in [-0.15, -0.1) is 11.8 Å². The number of rotatable bonds is 6. The molecule has 0 saturated heterocycles. The molecule has 23 heavy (non-hydrogen) atoms. The summed E-state index contributed by atoms with van der Waals surface area (Å²) in [7, 11) is 0. The standard InChI is InChI=1S/C18H20N2OS2/c1-12-7-14(10-19)18(22)17(8-12)23-16(9-15(20)11-21)13-5-3-2-4-6-13/h2-8,15-17,21H,9,11,20H2,1H3/t15-,16+,17?/m0/s1. The van der Waals surface area contributed by atoms with E-state index in [1.807, 2.05) is 31.2 Å². The predicted molar refractivity (Wildman–Crippen MR) is 100 cm³/mol. The number of nitrogens with two attached hydrogens (primary N) is 1. The van der Waals surface area contributed by atoms with Gasteiger partial charge in [0, 0.05) is 16.2 Å². The van der Waals surface area contributed by atoms with Gasteiger partial charge in [-0.2, -0.15) is 5.26 Å². The fraction of sp³-hybridized carbons (Fsp3) is 0.333. The van der Waals surface area contributed by atoms with Crippen LogP contribution in [0, 0.1) is 11.3 Å². The van der Waals surface area contributed by atoms with Crippen LogP contribution in [0.2, 0.25) is 0 Å². The van der Waals surface area contributed by atoms with Crippen LogP contribution in [0.3, 0.4) is 0 Å². The molecule has 1 aliphatic rings. The van der Waals surface area contributed by atoms with Crippen molar-refractivity contribution in [2.24, 2.45) is 5.73 Å². The summed E-state index contributed by atoms with van der Waals surface area (Å²) in [6.07, 6.45) is 4.58. The maximum atomic E-state index is 9.29. The monoisotopic (exact) mass is 344 g/mol. The first kappa shape index (κ1) is 17.9. The van der Waals surface area contributed by atoms with Gasteiger partial charge in [0.1, 0.15) is 6.07 Å². The summed E-state index contributed by atoms with van der Waals surface area (Å²) in [4.78, 5) is 0.668. The topological polar surface area (TPSA) is 70.0 Å². The lowest BCUT2D eigenvalue weighted by molar-refractivity contribution is 0.259. The first-order valence-corrected chi connectivity index (χ1v) is 8.81. The molecule has 0 spiro atoms. The van der Waals surface area contributed by atoms with Crippen LogP contribution in [0.15, 0.2) is 53.6 Å². The first-order chi connectivity index (χ1) is 11.0. The van der Waals surface area contributed by atoms with Crippen LogP contribution in [0.25, 0.3) is 0 Å². The molecular formula is C18H20N2OS2. The predicted octanol–water partition coefficient (Wildman–Crippen LogP) is 3.32. The van der Waals surface area contributed by atoms with Gasteiger partial charge in [-0.3, -0.25) is 0 Å². The Morgan fingerprint density at radius 1 is 1.39 bits per heavy atom. The van der Waals surface area contributed by atoms with Gasteiger partial charge in [0.05, 0.1) is 17.4 Å². The van der Waals surface area contributed by atoms with Crippen LogP contribution in [0.4, 0.5) is 0 Å². The molecule has 3 nitrogen and oxygen atoms in total. The van der Waals surface area contributed by atoms with Crippen LogP contribution < -0.4 is 5.73 Å². The number of hydrogen-bond acceptors (Lipinski definition) is 5. The third kappa shape index (κ3) is 4.76. The molecule has 0 aliphatic heterocycles. The molecule has 1 aromatic carbocycles. The van der Waals surface area contributed by atoms with E-state index in [1.54, 1.807) is 11.8 Å². The highest BCUT2D eigenvalue weighted by Crippen LogP contribution is 2.39. The minimum Gasteiger partial charge on any atom is -0.395 e. The first-order valence-electron chi connectivity index (χ1n) is 7.46. The van der Waals surface area contributed by atoms with Gasteiger partial charge in [-0.05, 0) is 25.0 Å². The van der Waals surface area contributed by atoms with E-state index in [9.17, 15) is 10.4 Å². The van der Waals surface area contributed by atoms with Crippen molar-refractivity contribution in [3.8, 4) is 6.07 Å². The van der Waals surface area contributed by atoms with Crippen molar-refractivity contribution >= 4 is 28.8 Å². The number of nitrogens with zero attached hydrogens (tertiary/aromatic N) is 1. The third-order valence-electron chi connectivity index (χ3n) is 3.66. The maximum Gasteiger partial charge on any atom is 0.100 e. The van der Waals surface area contributed by atoms with Crippen LogP contribution in [0.1, 0.15) is 24.2 Å².